The Balaban J connectivity index is 2.24. The molecule has 0 saturated carbocycles. The van der Waals surface area contributed by atoms with Gasteiger partial charge in [0.25, 0.3) is 0 Å². The number of hydrogen-bond donors (Lipinski definition) is 0. The van der Waals surface area contributed by atoms with E-state index in [4.69, 9.17) is 0 Å². The first-order valence-electron chi connectivity index (χ1n) is 6.73. The van der Waals surface area contributed by atoms with Gasteiger partial charge in [-0.15, -0.1) is 0 Å². The lowest BCUT2D eigenvalue weighted by molar-refractivity contribution is 0.602. The van der Waals surface area contributed by atoms with E-state index in [1.807, 2.05) is 48.5 Å². The quantitative estimate of drug-likeness (QED) is 0.745. The monoisotopic (exact) mass is 310 g/mol. The first-order chi connectivity index (χ1) is 10.5. The number of hydrogen-bond acceptors (Lipinski definition) is 4. The van der Waals surface area contributed by atoms with Crippen LogP contribution in [0.5, 0.6) is 0 Å². The molecular weight excluding hydrogens is 296 g/mol. The summed E-state index contributed by atoms with van der Waals surface area (Å²) in [6.45, 7) is 0. The predicted molar refractivity (Wildman–Crippen MR) is 86.0 cm³/mol. The first-order valence-corrected chi connectivity index (χ1v) is 8.62. The van der Waals surface area contributed by atoms with Crippen LogP contribution in [0, 0.1) is 0 Å². The van der Waals surface area contributed by atoms with Gasteiger partial charge in [0.1, 0.15) is 0 Å². The standard InChI is InChI=1S/C17H14N2O2S/c1-22(20,21)14-11-16(13-7-3-2-4-8-13)19-17(12-14)15-9-5-6-10-18-15/h2-12H,1H3. The van der Waals surface area contributed by atoms with Crippen LogP contribution in [0.25, 0.3) is 22.6 Å². The van der Waals surface area contributed by atoms with Gasteiger partial charge in [-0.2, -0.15) is 0 Å². The second-order valence-electron chi connectivity index (χ2n) is 4.93. The van der Waals surface area contributed by atoms with Crippen molar-refractivity contribution in [3.05, 3.63) is 66.9 Å². The van der Waals surface area contributed by atoms with Gasteiger partial charge in [-0.3, -0.25) is 4.98 Å². The van der Waals surface area contributed by atoms with Gasteiger partial charge in [0.05, 0.1) is 22.0 Å². The molecule has 0 aliphatic carbocycles. The fourth-order valence-electron chi connectivity index (χ4n) is 2.12. The molecule has 1 aromatic carbocycles. The lowest BCUT2D eigenvalue weighted by Gasteiger charge is -2.08. The molecule has 0 fully saturated rings. The van der Waals surface area contributed by atoms with Crippen LogP contribution in [0.3, 0.4) is 0 Å². The second-order valence-corrected chi connectivity index (χ2v) is 6.94. The molecule has 110 valence electrons. The Morgan fingerprint density at radius 3 is 2.14 bits per heavy atom. The highest BCUT2D eigenvalue weighted by molar-refractivity contribution is 7.90. The predicted octanol–water partition coefficient (Wildman–Crippen LogP) is 3.21. The van der Waals surface area contributed by atoms with E-state index >= 15 is 0 Å². The molecule has 0 aliphatic rings. The Bertz CT molecular complexity index is 835. The van der Waals surface area contributed by atoms with E-state index in [1.54, 1.807) is 18.3 Å². The van der Waals surface area contributed by atoms with E-state index in [9.17, 15) is 8.42 Å². The van der Waals surface area contributed by atoms with Gasteiger partial charge in [-0.25, -0.2) is 13.4 Å². The molecule has 0 amide bonds. The molecule has 22 heavy (non-hydrogen) atoms. The van der Waals surface area contributed by atoms with Crippen LogP contribution in [0.2, 0.25) is 0 Å². The van der Waals surface area contributed by atoms with Gasteiger partial charge in [0.2, 0.25) is 0 Å². The van der Waals surface area contributed by atoms with E-state index in [1.165, 1.54) is 6.26 Å². The van der Waals surface area contributed by atoms with Crippen molar-refractivity contribution in [2.75, 3.05) is 6.26 Å². The fourth-order valence-corrected chi connectivity index (χ4v) is 2.77. The van der Waals surface area contributed by atoms with Gasteiger partial charge in [-0.1, -0.05) is 36.4 Å². The summed E-state index contributed by atoms with van der Waals surface area (Å²) in [4.78, 5) is 9.05. The third kappa shape index (κ3) is 3.04. The summed E-state index contributed by atoms with van der Waals surface area (Å²) in [6, 6.07) is 18.1. The number of nitrogens with zero attached hydrogens (tertiary/aromatic N) is 2. The topological polar surface area (TPSA) is 59.9 Å². The Kier molecular flexibility index (Phi) is 3.73. The summed E-state index contributed by atoms with van der Waals surface area (Å²) >= 11 is 0. The average molecular weight is 310 g/mol. The van der Waals surface area contributed by atoms with Crippen molar-refractivity contribution in [3.63, 3.8) is 0 Å². The average Bonchev–Trinajstić information content (AvgIpc) is 2.55. The number of pyridine rings is 2. The molecule has 5 heteroatoms. The van der Waals surface area contributed by atoms with Crippen molar-refractivity contribution in [1.29, 1.82) is 0 Å². The van der Waals surface area contributed by atoms with Gasteiger partial charge in [0, 0.05) is 18.0 Å². The van der Waals surface area contributed by atoms with E-state index in [0.29, 0.717) is 17.1 Å². The van der Waals surface area contributed by atoms with Gasteiger partial charge < -0.3 is 0 Å². The molecule has 0 unspecified atom stereocenters. The molecule has 0 saturated heterocycles. The van der Waals surface area contributed by atoms with Gasteiger partial charge in [0.15, 0.2) is 9.84 Å². The lowest BCUT2D eigenvalue weighted by atomic mass is 10.1. The summed E-state index contributed by atoms with van der Waals surface area (Å²) in [7, 11) is -3.33. The molecule has 3 aromatic rings. The van der Waals surface area contributed by atoms with E-state index < -0.39 is 9.84 Å². The molecule has 0 atom stereocenters. The van der Waals surface area contributed by atoms with Crippen LogP contribution >= 0.6 is 0 Å². The molecule has 0 N–H and O–H groups in total. The number of sulfone groups is 1. The summed E-state index contributed by atoms with van der Waals surface area (Å²) in [5.74, 6) is 0. The van der Waals surface area contributed by atoms with Crippen molar-refractivity contribution in [3.8, 4) is 22.6 Å². The summed E-state index contributed by atoms with van der Waals surface area (Å²) in [5, 5.41) is 0. The highest BCUT2D eigenvalue weighted by atomic mass is 32.2. The van der Waals surface area contributed by atoms with Crippen LogP contribution < -0.4 is 0 Å². The lowest BCUT2D eigenvalue weighted by Crippen LogP contribution is -2.00. The molecule has 3 rings (SSSR count). The largest absolute Gasteiger partial charge is 0.255 e. The zero-order valence-corrected chi connectivity index (χ0v) is 12.8. The molecular formula is C17H14N2O2S. The maximum atomic E-state index is 12.0. The van der Waals surface area contributed by atoms with Crippen molar-refractivity contribution in [2.24, 2.45) is 0 Å². The number of aromatic nitrogens is 2. The van der Waals surface area contributed by atoms with Crippen molar-refractivity contribution in [1.82, 2.24) is 9.97 Å². The summed E-state index contributed by atoms with van der Waals surface area (Å²) in [5.41, 5.74) is 2.67. The highest BCUT2D eigenvalue weighted by Gasteiger charge is 2.13. The highest BCUT2D eigenvalue weighted by Crippen LogP contribution is 2.25. The molecule has 0 spiro atoms. The van der Waals surface area contributed by atoms with E-state index in [2.05, 4.69) is 9.97 Å². The molecule has 2 heterocycles. The maximum absolute atomic E-state index is 12.0. The minimum absolute atomic E-state index is 0.238. The van der Waals surface area contributed by atoms with Crippen molar-refractivity contribution < 1.29 is 8.42 Å². The number of benzene rings is 1. The zero-order valence-electron chi connectivity index (χ0n) is 12.0. The molecule has 2 aromatic heterocycles. The van der Waals surface area contributed by atoms with E-state index in [-0.39, 0.29) is 4.90 Å². The van der Waals surface area contributed by atoms with Crippen molar-refractivity contribution in [2.45, 2.75) is 4.90 Å². The Hall–Kier alpha value is -2.53. The minimum Gasteiger partial charge on any atom is -0.255 e. The summed E-state index contributed by atoms with van der Waals surface area (Å²) < 4.78 is 23.9. The first kappa shape index (κ1) is 14.4. The summed E-state index contributed by atoms with van der Waals surface area (Å²) in [6.07, 6.45) is 2.85. The fraction of sp³-hybridized carbons (Fsp3) is 0.0588. The Morgan fingerprint density at radius 2 is 1.50 bits per heavy atom. The van der Waals surface area contributed by atoms with Gasteiger partial charge >= 0.3 is 0 Å². The third-order valence-electron chi connectivity index (χ3n) is 3.22. The maximum Gasteiger partial charge on any atom is 0.175 e. The van der Waals surface area contributed by atoms with Crippen LogP contribution in [0.1, 0.15) is 0 Å². The molecule has 0 bridgehead atoms. The van der Waals surface area contributed by atoms with Crippen LogP contribution in [0.15, 0.2) is 71.8 Å². The Morgan fingerprint density at radius 1 is 0.818 bits per heavy atom. The van der Waals surface area contributed by atoms with Crippen LogP contribution in [-0.2, 0) is 9.84 Å². The number of rotatable bonds is 3. The Labute approximate surface area is 129 Å². The SMILES string of the molecule is CS(=O)(=O)c1cc(-c2ccccc2)nc(-c2ccccn2)c1. The third-order valence-corrected chi connectivity index (χ3v) is 4.32. The molecule has 0 radical (unpaired) electrons. The normalized spacial score (nSPS) is 11.3. The van der Waals surface area contributed by atoms with Crippen LogP contribution in [0.4, 0.5) is 0 Å². The molecule has 0 aliphatic heterocycles. The van der Waals surface area contributed by atoms with E-state index in [0.717, 1.165) is 5.56 Å². The molecule has 4 nitrogen and oxygen atoms in total. The second kappa shape index (κ2) is 5.69. The minimum atomic E-state index is -3.33. The van der Waals surface area contributed by atoms with Crippen LogP contribution in [-0.4, -0.2) is 24.6 Å². The van der Waals surface area contributed by atoms with Gasteiger partial charge in [-0.05, 0) is 24.3 Å². The zero-order chi connectivity index (χ0) is 15.6. The smallest absolute Gasteiger partial charge is 0.175 e. The van der Waals surface area contributed by atoms with Crippen molar-refractivity contribution >= 4 is 9.84 Å².